The summed E-state index contributed by atoms with van der Waals surface area (Å²) in [5.41, 5.74) is 0. The van der Waals surface area contributed by atoms with Gasteiger partial charge in [-0.25, -0.2) is 4.79 Å². The van der Waals surface area contributed by atoms with E-state index in [1.165, 1.54) is 44.9 Å². The van der Waals surface area contributed by atoms with Gasteiger partial charge in [0.1, 0.15) is 6.10 Å². The van der Waals surface area contributed by atoms with Gasteiger partial charge in [-0.2, -0.15) is 0 Å². The van der Waals surface area contributed by atoms with Crippen molar-refractivity contribution in [3.05, 3.63) is 0 Å². The van der Waals surface area contributed by atoms with Crippen molar-refractivity contribution >= 4 is 6.16 Å². The molecule has 1 unspecified atom stereocenters. The maximum atomic E-state index is 10.5. The fourth-order valence-corrected chi connectivity index (χ4v) is 2.23. The number of rotatable bonds is 12. The molecule has 0 rings (SSSR count). The fourth-order valence-electron chi connectivity index (χ4n) is 2.23. The van der Waals surface area contributed by atoms with Gasteiger partial charge in [0.2, 0.25) is 0 Å². The number of carbonyl (C=O) groups is 1. The zero-order valence-corrected chi connectivity index (χ0v) is 12.1. The van der Waals surface area contributed by atoms with Gasteiger partial charge in [0.05, 0.1) is 0 Å². The van der Waals surface area contributed by atoms with Crippen LogP contribution in [0, 0.1) is 0 Å². The fraction of sp³-hybridized carbons (Fsp3) is 0.933. The molecule has 0 aliphatic heterocycles. The number of ether oxygens (including phenoxy) is 1. The minimum absolute atomic E-state index is 0.0902. The normalized spacial score (nSPS) is 12.3. The Labute approximate surface area is 112 Å². The maximum absolute atomic E-state index is 10.5. The molecule has 3 heteroatoms. The lowest BCUT2D eigenvalue weighted by atomic mass is 10.0. The van der Waals surface area contributed by atoms with Crippen LogP contribution in [-0.4, -0.2) is 17.4 Å². The van der Waals surface area contributed by atoms with Gasteiger partial charge >= 0.3 is 6.16 Å². The number of unbranched alkanes of at least 4 members (excludes halogenated alkanes) is 7. The first-order chi connectivity index (χ1) is 8.70. The zero-order valence-electron chi connectivity index (χ0n) is 12.1. The van der Waals surface area contributed by atoms with E-state index >= 15 is 0 Å². The van der Waals surface area contributed by atoms with E-state index in [0.717, 1.165) is 25.7 Å². The lowest BCUT2D eigenvalue weighted by Gasteiger charge is -2.14. The van der Waals surface area contributed by atoms with Crippen molar-refractivity contribution in [2.24, 2.45) is 0 Å². The van der Waals surface area contributed by atoms with E-state index in [-0.39, 0.29) is 6.10 Å². The van der Waals surface area contributed by atoms with E-state index in [2.05, 4.69) is 13.8 Å². The van der Waals surface area contributed by atoms with Gasteiger partial charge in [-0.05, 0) is 19.3 Å². The summed E-state index contributed by atoms with van der Waals surface area (Å²) < 4.78 is 4.87. The van der Waals surface area contributed by atoms with Crippen molar-refractivity contribution in [2.75, 3.05) is 0 Å². The largest absolute Gasteiger partial charge is 0.506 e. The Hall–Kier alpha value is -0.730. The van der Waals surface area contributed by atoms with Crippen LogP contribution in [0.2, 0.25) is 0 Å². The smallest absolute Gasteiger partial charge is 0.450 e. The Morgan fingerprint density at radius 2 is 1.44 bits per heavy atom. The third kappa shape index (κ3) is 11.7. The summed E-state index contributed by atoms with van der Waals surface area (Å²) in [6.07, 6.45) is 11.7. The Bertz CT molecular complexity index is 192. The molecular weight excluding hydrogens is 228 g/mol. The molecule has 0 aromatic rings. The molecule has 0 bridgehead atoms. The monoisotopic (exact) mass is 258 g/mol. The van der Waals surface area contributed by atoms with Crippen LogP contribution in [0.5, 0.6) is 0 Å². The van der Waals surface area contributed by atoms with Gasteiger partial charge in [-0.15, -0.1) is 0 Å². The summed E-state index contributed by atoms with van der Waals surface area (Å²) in [5.74, 6) is 0. The number of hydrogen-bond acceptors (Lipinski definition) is 2. The minimum atomic E-state index is -1.13. The van der Waals surface area contributed by atoms with Crippen LogP contribution >= 0.6 is 0 Å². The summed E-state index contributed by atoms with van der Waals surface area (Å²) in [6.45, 7) is 4.29. The summed E-state index contributed by atoms with van der Waals surface area (Å²) in [6, 6.07) is 0. The standard InChI is InChI=1S/C15H30O3/c1-3-5-6-7-8-9-10-11-13-14(12-4-2)18-15(16)17/h14H,3-13H2,1-2H3,(H,16,17). The highest BCUT2D eigenvalue weighted by atomic mass is 16.7. The third-order valence-electron chi connectivity index (χ3n) is 3.26. The van der Waals surface area contributed by atoms with Crippen molar-refractivity contribution in [1.82, 2.24) is 0 Å². The number of carboxylic acid groups (broad SMARTS) is 1. The Balaban J connectivity index is 3.40. The molecule has 0 aliphatic rings. The van der Waals surface area contributed by atoms with Crippen LogP contribution in [0.25, 0.3) is 0 Å². The lowest BCUT2D eigenvalue weighted by Crippen LogP contribution is -2.16. The molecule has 0 fully saturated rings. The van der Waals surface area contributed by atoms with Gasteiger partial charge in [0.15, 0.2) is 0 Å². The van der Waals surface area contributed by atoms with Gasteiger partial charge in [0.25, 0.3) is 0 Å². The van der Waals surface area contributed by atoms with Crippen LogP contribution < -0.4 is 0 Å². The van der Waals surface area contributed by atoms with E-state index in [4.69, 9.17) is 9.84 Å². The topological polar surface area (TPSA) is 46.5 Å². The van der Waals surface area contributed by atoms with E-state index < -0.39 is 6.16 Å². The first-order valence-corrected chi connectivity index (χ1v) is 7.60. The molecular formula is C15H30O3. The van der Waals surface area contributed by atoms with E-state index in [1.54, 1.807) is 0 Å². The second-order valence-electron chi connectivity index (χ2n) is 5.06. The molecule has 0 aliphatic carbocycles. The van der Waals surface area contributed by atoms with Crippen molar-refractivity contribution < 1.29 is 14.6 Å². The van der Waals surface area contributed by atoms with Crippen LogP contribution in [0.1, 0.15) is 84.5 Å². The highest BCUT2D eigenvalue weighted by molar-refractivity contribution is 5.57. The summed E-state index contributed by atoms with van der Waals surface area (Å²) in [7, 11) is 0. The van der Waals surface area contributed by atoms with Crippen LogP contribution in [0.15, 0.2) is 0 Å². The molecule has 0 saturated carbocycles. The van der Waals surface area contributed by atoms with Gasteiger partial charge in [-0.1, -0.05) is 65.2 Å². The van der Waals surface area contributed by atoms with Crippen LogP contribution in [0.3, 0.4) is 0 Å². The van der Waals surface area contributed by atoms with Gasteiger partial charge in [0, 0.05) is 0 Å². The SMILES string of the molecule is CCCCCCCCCCC(CCC)OC(=O)O. The minimum Gasteiger partial charge on any atom is -0.450 e. The van der Waals surface area contributed by atoms with Crippen molar-refractivity contribution in [3.63, 3.8) is 0 Å². The zero-order chi connectivity index (χ0) is 13.6. The molecule has 0 spiro atoms. The molecule has 18 heavy (non-hydrogen) atoms. The third-order valence-corrected chi connectivity index (χ3v) is 3.26. The molecule has 0 radical (unpaired) electrons. The molecule has 3 nitrogen and oxygen atoms in total. The van der Waals surface area contributed by atoms with Crippen molar-refractivity contribution in [3.8, 4) is 0 Å². The lowest BCUT2D eigenvalue weighted by molar-refractivity contribution is 0.0431. The Morgan fingerprint density at radius 1 is 0.889 bits per heavy atom. The maximum Gasteiger partial charge on any atom is 0.506 e. The predicted octanol–water partition coefficient (Wildman–Crippen LogP) is 5.38. The number of hydrogen-bond donors (Lipinski definition) is 1. The average molecular weight is 258 g/mol. The predicted molar refractivity (Wildman–Crippen MR) is 75.0 cm³/mol. The first-order valence-electron chi connectivity index (χ1n) is 7.60. The molecule has 0 aromatic heterocycles. The summed E-state index contributed by atoms with van der Waals surface area (Å²) in [4.78, 5) is 10.5. The summed E-state index contributed by atoms with van der Waals surface area (Å²) >= 11 is 0. The molecule has 1 N–H and O–H groups in total. The summed E-state index contributed by atoms with van der Waals surface area (Å²) in [5, 5.41) is 8.61. The molecule has 0 heterocycles. The van der Waals surface area contributed by atoms with E-state index in [9.17, 15) is 4.79 Å². The first kappa shape index (κ1) is 17.3. The highest BCUT2D eigenvalue weighted by Gasteiger charge is 2.11. The molecule has 1 atom stereocenters. The Morgan fingerprint density at radius 3 is 1.94 bits per heavy atom. The molecule has 0 saturated heterocycles. The second-order valence-corrected chi connectivity index (χ2v) is 5.06. The van der Waals surface area contributed by atoms with E-state index in [0.29, 0.717) is 0 Å². The van der Waals surface area contributed by atoms with Gasteiger partial charge < -0.3 is 9.84 Å². The van der Waals surface area contributed by atoms with Crippen molar-refractivity contribution in [2.45, 2.75) is 90.6 Å². The second kappa shape index (κ2) is 12.7. The molecule has 0 aromatic carbocycles. The highest BCUT2D eigenvalue weighted by Crippen LogP contribution is 2.14. The van der Waals surface area contributed by atoms with Crippen molar-refractivity contribution in [1.29, 1.82) is 0 Å². The quantitative estimate of drug-likeness (QED) is 0.377. The van der Waals surface area contributed by atoms with Crippen LogP contribution in [-0.2, 0) is 4.74 Å². The van der Waals surface area contributed by atoms with Crippen LogP contribution in [0.4, 0.5) is 4.79 Å². The average Bonchev–Trinajstić information content (AvgIpc) is 2.32. The molecule has 108 valence electrons. The van der Waals surface area contributed by atoms with E-state index in [1.807, 2.05) is 0 Å². The Kier molecular flexibility index (Phi) is 12.2. The molecule has 0 amide bonds. The van der Waals surface area contributed by atoms with Gasteiger partial charge in [-0.3, -0.25) is 0 Å².